The molecular formula is C21H28N2O. The van der Waals surface area contributed by atoms with Crippen molar-refractivity contribution < 1.29 is 4.74 Å². The second-order valence-corrected chi connectivity index (χ2v) is 6.55. The second kappa shape index (κ2) is 7.61. The van der Waals surface area contributed by atoms with Crippen LogP contribution in [0.3, 0.4) is 0 Å². The Bertz CT molecular complexity index is 819. The number of methoxy groups -OCH3 is 1. The average molecular weight is 324 g/mol. The van der Waals surface area contributed by atoms with Crippen molar-refractivity contribution in [2.24, 2.45) is 0 Å². The van der Waals surface area contributed by atoms with Gasteiger partial charge in [0, 0.05) is 28.9 Å². The van der Waals surface area contributed by atoms with E-state index in [1.54, 1.807) is 7.11 Å². The fourth-order valence-corrected chi connectivity index (χ4v) is 3.56. The molecule has 0 bridgehead atoms. The fraction of sp³-hybridized carbons (Fsp3) is 0.429. The van der Waals surface area contributed by atoms with E-state index in [0.29, 0.717) is 5.69 Å². The van der Waals surface area contributed by atoms with E-state index in [-0.39, 0.29) is 0 Å². The highest BCUT2D eigenvalue weighted by molar-refractivity contribution is 6.09. The van der Waals surface area contributed by atoms with Gasteiger partial charge in [-0.15, -0.1) is 0 Å². The van der Waals surface area contributed by atoms with E-state index >= 15 is 0 Å². The lowest BCUT2D eigenvalue weighted by molar-refractivity contribution is 0.417. The first-order chi connectivity index (χ1) is 11.8. The zero-order chi connectivity index (χ0) is 16.9. The molecule has 0 aliphatic rings. The number of aryl methyl sites for hydroxylation is 1. The van der Waals surface area contributed by atoms with Gasteiger partial charge < -0.3 is 15.0 Å². The molecule has 0 saturated carbocycles. The van der Waals surface area contributed by atoms with Crippen LogP contribution in [0, 0.1) is 0 Å². The summed E-state index contributed by atoms with van der Waals surface area (Å²) in [5.74, 6) is 0.759. The van der Waals surface area contributed by atoms with Crippen molar-refractivity contribution in [3.05, 3.63) is 36.4 Å². The summed E-state index contributed by atoms with van der Waals surface area (Å²) in [6.07, 6.45) is 7.85. The molecule has 3 aromatic rings. The molecule has 2 aromatic carbocycles. The van der Waals surface area contributed by atoms with E-state index < -0.39 is 0 Å². The van der Waals surface area contributed by atoms with Gasteiger partial charge >= 0.3 is 0 Å². The Hall–Kier alpha value is -2.16. The maximum absolute atomic E-state index is 6.13. The van der Waals surface area contributed by atoms with E-state index in [0.717, 1.165) is 12.3 Å². The van der Waals surface area contributed by atoms with E-state index in [1.807, 2.05) is 6.07 Å². The number of benzene rings is 2. The van der Waals surface area contributed by atoms with Gasteiger partial charge in [0.15, 0.2) is 0 Å². The molecule has 2 N–H and O–H groups in total. The molecule has 3 rings (SSSR count). The number of ether oxygens (including phenoxy) is 1. The predicted molar refractivity (Wildman–Crippen MR) is 104 cm³/mol. The van der Waals surface area contributed by atoms with Crippen LogP contribution in [0.15, 0.2) is 36.4 Å². The fourth-order valence-electron chi connectivity index (χ4n) is 3.56. The molecule has 0 aliphatic heterocycles. The maximum atomic E-state index is 6.13. The molecule has 3 nitrogen and oxygen atoms in total. The van der Waals surface area contributed by atoms with Crippen molar-refractivity contribution in [1.29, 1.82) is 0 Å². The number of nitrogen functional groups attached to an aromatic ring is 1. The van der Waals surface area contributed by atoms with Crippen molar-refractivity contribution in [3.63, 3.8) is 0 Å². The third-order valence-corrected chi connectivity index (χ3v) is 4.86. The molecule has 3 heteroatoms. The van der Waals surface area contributed by atoms with Crippen LogP contribution in [0.5, 0.6) is 5.75 Å². The number of hydrogen-bond donors (Lipinski definition) is 1. The molecule has 0 aliphatic carbocycles. The summed E-state index contributed by atoms with van der Waals surface area (Å²) in [6.45, 7) is 3.31. The molecule has 0 saturated heterocycles. The average Bonchev–Trinajstić information content (AvgIpc) is 2.90. The summed E-state index contributed by atoms with van der Waals surface area (Å²) in [5.41, 5.74) is 9.34. The number of anilines is 1. The second-order valence-electron chi connectivity index (χ2n) is 6.55. The van der Waals surface area contributed by atoms with Gasteiger partial charge in [0.25, 0.3) is 0 Å². The van der Waals surface area contributed by atoms with Crippen LogP contribution in [0.4, 0.5) is 5.69 Å². The maximum Gasteiger partial charge on any atom is 0.143 e. The van der Waals surface area contributed by atoms with E-state index in [1.165, 1.54) is 60.3 Å². The Kier molecular flexibility index (Phi) is 5.29. The Morgan fingerprint density at radius 2 is 1.67 bits per heavy atom. The van der Waals surface area contributed by atoms with Crippen molar-refractivity contribution >= 4 is 27.5 Å². The summed E-state index contributed by atoms with van der Waals surface area (Å²) >= 11 is 0. The highest BCUT2D eigenvalue weighted by Gasteiger charge is 2.13. The summed E-state index contributed by atoms with van der Waals surface area (Å²) in [4.78, 5) is 0. The van der Waals surface area contributed by atoms with Gasteiger partial charge in [0.1, 0.15) is 5.75 Å². The minimum atomic E-state index is 0.701. The molecule has 0 radical (unpaired) electrons. The summed E-state index contributed by atoms with van der Waals surface area (Å²) in [5, 5.41) is 2.49. The molecule has 0 atom stereocenters. The largest absolute Gasteiger partial charge is 0.495 e. The molecule has 24 heavy (non-hydrogen) atoms. The number of hydrogen-bond acceptors (Lipinski definition) is 2. The van der Waals surface area contributed by atoms with Crippen LogP contribution in [0.1, 0.15) is 45.4 Å². The van der Waals surface area contributed by atoms with Gasteiger partial charge in [-0.05, 0) is 18.6 Å². The van der Waals surface area contributed by atoms with Gasteiger partial charge in [-0.2, -0.15) is 0 Å². The monoisotopic (exact) mass is 324 g/mol. The third kappa shape index (κ3) is 3.21. The molecule has 1 heterocycles. The molecule has 0 fully saturated rings. The van der Waals surface area contributed by atoms with Gasteiger partial charge in [0.05, 0.1) is 18.3 Å². The number of para-hydroxylation sites is 1. The van der Waals surface area contributed by atoms with Crippen LogP contribution >= 0.6 is 0 Å². The predicted octanol–water partition coefficient (Wildman–Crippen LogP) is 5.75. The zero-order valence-corrected chi connectivity index (χ0v) is 14.8. The van der Waals surface area contributed by atoms with Crippen LogP contribution < -0.4 is 10.5 Å². The summed E-state index contributed by atoms with van der Waals surface area (Å²) < 4.78 is 7.86. The van der Waals surface area contributed by atoms with Gasteiger partial charge in [-0.3, -0.25) is 0 Å². The highest BCUT2D eigenvalue weighted by atomic mass is 16.5. The number of aromatic nitrogens is 1. The highest BCUT2D eigenvalue weighted by Crippen LogP contribution is 2.35. The number of rotatable bonds is 8. The number of nitrogens with two attached hydrogens (primary N) is 1. The van der Waals surface area contributed by atoms with Crippen molar-refractivity contribution in [3.8, 4) is 5.75 Å². The molecule has 0 spiro atoms. The Morgan fingerprint density at radius 1 is 0.917 bits per heavy atom. The topological polar surface area (TPSA) is 40.2 Å². The van der Waals surface area contributed by atoms with Crippen molar-refractivity contribution in [1.82, 2.24) is 4.57 Å². The lowest BCUT2D eigenvalue weighted by Crippen LogP contribution is -1.99. The molecule has 0 amide bonds. The Labute approximate surface area is 144 Å². The summed E-state index contributed by atoms with van der Waals surface area (Å²) in [7, 11) is 1.68. The van der Waals surface area contributed by atoms with E-state index in [2.05, 4.69) is 41.8 Å². The normalized spacial score (nSPS) is 11.4. The number of nitrogens with zero attached hydrogens (tertiary/aromatic N) is 1. The lowest BCUT2D eigenvalue weighted by atomic mass is 10.1. The van der Waals surface area contributed by atoms with Crippen LogP contribution in [0.25, 0.3) is 21.8 Å². The number of unbranched alkanes of at least 4 members (excludes halogenated alkanes) is 5. The quantitative estimate of drug-likeness (QED) is 0.423. The molecule has 128 valence electrons. The van der Waals surface area contributed by atoms with Crippen LogP contribution in [-0.4, -0.2) is 11.7 Å². The first-order valence-electron chi connectivity index (χ1n) is 9.10. The smallest absolute Gasteiger partial charge is 0.143 e. The van der Waals surface area contributed by atoms with Crippen LogP contribution in [-0.2, 0) is 6.54 Å². The minimum absolute atomic E-state index is 0.701. The SMILES string of the molecule is CCCCCCCCn1c2ccccc2c2cc(N)c(OC)cc21. The van der Waals surface area contributed by atoms with Crippen LogP contribution in [0.2, 0.25) is 0 Å². The Balaban J connectivity index is 1.92. The Morgan fingerprint density at radius 3 is 2.46 bits per heavy atom. The van der Waals surface area contributed by atoms with Gasteiger partial charge in [-0.25, -0.2) is 0 Å². The zero-order valence-electron chi connectivity index (χ0n) is 14.8. The number of fused-ring (bicyclic) bond motifs is 3. The molecule has 0 unspecified atom stereocenters. The summed E-state index contributed by atoms with van der Waals surface area (Å²) in [6, 6.07) is 12.7. The van der Waals surface area contributed by atoms with Gasteiger partial charge in [0.2, 0.25) is 0 Å². The molecule has 1 aromatic heterocycles. The van der Waals surface area contributed by atoms with E-state index in [9.17, 15) is 0 Å². The third-order valence-electron chi connectivity index (χ3n) is 4.86. The van der Waals surface area contributed by atoms with E-state index in [4.69, 9.17) is 10.5 Å². The minimum Gasteiger partial charge on any atom is -0.495 e. The van der Waals surface area contributed by atoms with Crippen molar-refractivity contribution in [2.75, 3.05) is 12.8 Å². The standard InChI is InChI=1S/C21H28N2O/c1-3-4-5-6-7-10-13-23-19-12-9-8-11-16(19)17-14-18(22)21(24-2)15-20(17)23/h8-9,11-12,14-15H,3-7,10,13,22H2,1-2H3. The van der Waals surface area contributed by atoms with Crippen molar-refractivity contribution in [2.45, 2.75) is 52.0 Å². The molecular weight excluding hydrogens is 296 g/mol. The lowest BCUT2D eigenvalue weighted by Gasteiger charge is -2.09. The first-order valence-corrected chi connectivity index (χ1v) is 9.10. The first kappa shape index (κ1) is 16.7. The van der Waals surface area contributed by atoms with Gasteiger partial charge in [-0.1, -0.05) is 57.2 Å².